The summed E-state index contributed by atoms with van der Waals surface area (Å²) < 4.78 is 13.0. The number of carbonyl (C=O) groups excluding carboxylic acids is 1. The molecule has 104 valence electrons. The molecule has 4 heteroatoms. The molecule has 0 aliphatic carbocycles. The number of nitrogens with two attached hydrogens (primary N) is 1. The molecule has 3 aromatic rings. The standard InChI is InChI=1S/C17H13FN2O/c18-13-6-8-15(16(19)10-13)17(21)20-14-7-5-11-3-1-2-4-12(11)9-14/h1-10H,19H2,(H,20,21). The van der Waals surface area contributed by atoms with Crippen LogP contribution in [0.2, 0.25) is 0 Å². The number of carbonyl (C=O) groups is 1. The highest BCUT2D eigenvalue weighted by atomic mass is 19.1. The fourth-order valence-corrected chi connectivity index (χ4v) is 2.21. The lowest BCUT2D eigenvalue weighted by Gasteiger charge is -2.08. The van der Waals surface area contributed by atoms with Crippen molar-refractivity contribution in [3.8, 4) is 0 Å². The lowest BCUT2D eigenvalue weighted by Crippen LogP contribution is -2.14. The minimum atomic E-state index is -0.463. The van der Waals surface area contributed by atoms with E-state index in [-0.39, 0.29) is 17.2 Å². The lowest BCUT2D eigenvalue weighted by atomic mass is 10.1. The van der Waals surface area contributed by atoms with Gasteiger partial charge >= 0.3 is 0 Å². The summed E-state index contributed by atoms with van der Waals surface area (Å²) >= 11 is 0. The highest BCUT2D eigenvalue weighted by Crippen LogP contribution is 2.20. The second kappa shape index (κ2) is 5.25. The van der Waals surface area contributed by atoms with Crippen molar-refractivity contribution in [3.05, 3.63) is 72.0 Å². The smallest absolute Gasteiger partial charge is 0.257 e. The van der Waals surface area contributed by atoms with Gasteiger partial charge in [0.25, 0.3) is 5.91 Å². The van der Waals surface area contributed by atoms with E-state index in [2.05, 4.69) is 5.32 Å². The van der Waals surface area contributed by atoms with E-state index in [1.165, 1.54) is 12.1 Å². The molecule has 0 radical (unpaired) electrons. The molecular weight excluding hydrogens is 267 g/mol. The number of anilines is 2. The van der Waals surface area contributed by atoms with Gasteiger partial charge in [0.05, 0.1) is 5.56 Å². The first kappa shape index (κ1) is 13.1. The third-order valence-electron chi connectivity index (χ3n) is 3.27. The van der Waals surface area contributed by atoms with Crippen LogP contribution in [-0.2, 0) is 0 Å². The van der Waals surface area contributed by atoms with Gasteiger partial charge in [-0.2, -0.15) is 0 Å². The zero-order valence-corrected chi connectivity index (χ0v) is 11.1. The predicted octanol–water partition coefficient (Wildman–Crippen LogP) is 3.81. The van der Waals surface area contributed by atoms with Gasteiger partial charge in [-0.1, -0.05) is 30.3 Å². The van der Waals surface area contributed by atoms with Crippen LogP contribution in [0.5, 0.6) is 0 Å². The van der Waals surface area contributed by atoms with Gasteiger partial charge in [0.2, 0.25) is 0 Å². The molecule has 3 N–H and O–H groups in total. The highest BCUT2D eigenvalue weighted by molar-refractivity contribution is 6.08. The van der Waals surface area contributed by atoms with E-state index >= 15 is 0 Å². The number of halogens is 1. The topological polar surface area (TPSA) is 55.1 Å². The average Bonchev–Trinajstić information content (AvgIpc) is 2.47. The van der Waals surface area contributed by atoms with Gasteiger partial charge in [0, 0.05) is 11.4 Å². The molecule has 1 amide bonds. The summed E-state index contributed by atoms with van der Waals surface area (Å²) in [5.74, 6) is -0.822. The van der Waals surface area contributed by atoms with Crippen LogP contribution in [0, 0.1) is 5.82 Å². The van der Waals surface area contributed by atoms with Crippen molar-refractivity contribution < 1.29 is 9.18 Å². The molecule has 3 rings (SSSR count). The molecule has 0 aromatic heterocycles. The summed E-state index contributed by atoms with van der Waals surface area (Å²) in [6.45, 7) is 0. The van der Waals surface area contributed by atoms with E-state index in [1.807, 2.05) is 42.5 Å². The Morgan fingerprint density at radius 3 is 2.48 bits per heavy atom. The quantitative estimate of drug-likeness (QED) is 0.701. The van der Waals surface area contributed by atoms with Crippen molar-refractivity contribution in [2.75, 3.05) is 11.1 Å². The monoisotopic (exact) mass is 280 g/mol. The van der Waals surface area contributed by atoms with Crippen LogP contribution in [0.4, 0.5) is 15.8 Å². The molecule has 0 atom stereocenters. The molecule has 0 saturated carbocycles. The molecule has 3 aromatic carbocycles. The van der Waals surface area contributed by atoms with E-state index in [0.29, 0.717) is 5.69 Å². The molecule has 0 bridgehead atoms. The zero-order chi connectivity index (χ0) is 14.8. The minimum Gasteiger partial charge on any atom is -0.398 e. The van der Waals surface area contributed by atoms with Crippen molar-refractivity contribution >= 4 is 28.1 Å². The van der Waals surface area contributed by atoms with Gasteiger partial charge in [-0.05, 0) is 41.1 Å². The first-order chi connectivity index (χ1) is 10.1. The first-order valence-corrected chi connectivity index (χ1v) is 6.49. The fourth-order valence-electron chi connectivity index (χ4n) is 2.21. The van der Waals surface area contributed by atoms with E-state index in [9.17, 15) is 9.18 Å². The van der Waals surface area contributed by atoms with E-state index in [0.717, 1.165) is 16.8 Å². The maximum absolute atomic E-state index is 13.0. The molecule has 21 heavy (non-hydrogen) atoms. The van der Waals surface area contributed by atoms with Crippen LogP contribution < -0.4 is 11.1 Å². The van der Waals surface area contributed by atoms with Crippen molar-refractivity contribution in [2.45, 2.75) is 0 Å². The Hall–Kier alpha value is -2.88. The van der Waals surface area contributed by atoms with Crippen LogP contribution in [-0.4, -0.2) is 5.91 Å². The van der Waals surface area contributed by atoms with Crippen LogP contribution in [0.1, 0.15) is 10.4 Å². The Labute approximate surface area is 121 Å². The normalized spacial score (nSPS) is 10.5. The maximum Gasteiger partial charge on any atom is 0.257 e. The Morgan fingerprint density at radius 2 is 1.71 bits per heavy atom. The number of benzene rings is 3. The van der Waals surface area contributed by atoms with Crippen molar-refractivity contribution in [3.63, 3.8) is 0 Å². The number of nitrogens with one attached hydrogen (secondary N) is 1. The van der Waals surface area contributed by atoms with E-state index in [1.54, 1.807) is 0 Å². The number of fused-ring (bicyclic) bond motifs is 1. The number of amides is 1. The Kier molecular flexibility index (Phi) is 3.28. The second-order valence-electron chi connectivity index (χ2n) is 4.75. The predicted molar refractivity (Wildman–Crippen MR) is 82.7 cm³/mol. The summed E-state index contributed by atoms with van der Waals surface area (Å²) in [4.78, 5) is 12.2. The second-order valence-corrected chi connectivity index (χ2v) is 4.75. The fraction of sp³-hybridized carbons (Fsp3) is 0. The summed E-state index contributed by atoms with van der Waals surface area (Å²) in [5, 5.41) is 4.89. The number of hydrogen-bond acceptors (Lipinski definition) is 2. The molecule has 0 spiro atoms. The number of nitrogen functional groups attached to an aromatic ring is 1. The number of rotatable bonds is 2. The van der Waals surface area contributed by atoms with Gasteiger partial charge in [-0.15, -0.1) is 0 Å². The van der Waals surface area contributed by atoms with E-state index < -0.39 is 5.82 Å². The Balaban J connectivity index is 1.89. The summed E-state index contributed by atoms with van der Waals surface area (Å²) in [7, 11) is 0. The Morgan fingerprint density at radius 1 is 0.952 bits per heavy atom. The van der Waals surface area contributed by atoms with Crippen LogP contribution >= 0.6 is 0 Å². The van der Waals surface area contributed by atoms with Gasteiger partial charge in [0.1, 0.15) is 5.82 Å². The van der Waals surface area contributed by atoms with Crippen LogP contribution in [0.3, 0.4) is 0 Å². The van der Waals surface area contributed by atoms with Crippen molar-refractivity contribution in [1.29, 1.82) is 0 Å². The largest absolute Gasteiger partial charge is 0.398 e. The summed E-state index contributed by atoms with van der Waals surface area (Å²) in [6, 6.07) is 17.2. The van der Waals surface area contributed by atoms with Crippen LogP contribution in [0.15, 0.2) is 60.7 Å². The third kappa shape index (κ3) is 2.69. The zero-order valence-electron chi connectivity index (χ0n) is 11.1. The molecule has 0 saturated heterocycles. The molecule has 0 fully saturated rings. The Bertz CT molecular complexity index is 830. The van der Waals surface area contributed by atoms with Crippen molar-refractivity contribution in [1.82, 2.24) is 0 Å². The van der Waals surface area contributed by atoms with Gasteiger partial charge in [0.15, 0.2) is 0 Å². The van der Waals surface area contributed by atoms with Gasteiger partial charge < -0.3 is 11.1 Å². The van der Waals surface area contributed by atoms with Crippen LogP contribution in [0.25, 0.3) is 10.8 Å². The summed E-state index contributed by atoms with van der Waals surface area (Å²) in [5.41, 5.74) is 6.71. The first-order valence-electron chi connectivity index (χ1n) is 6.49. The van der Waals surface area contributed by atoms with Gasteiger partial charge in [-0.3, -0.25) is 4.79 Å². The minimum absolute atomic E-state index is 0.119. The molecule has 3 nitrogen and oxygen atoms in total. The van der Waals surface area contributed by atoms with E-state index in [4.69, 9.17) is 5.73 Å². The SMILES string of the molecule is Nc1cc(F)ccc1C(=O)Nc1ccc2ccccc2c1. The molecular formula is C17H13FN2O. The summed E-state index contributed by atoms with van der Waals surface area (Å²) in [6.07, 6.45) is 0. The maximum atomic E-state index is 13.0. The average molecular weight is 280 g/mol. The molecule has 0 unspecified atom stereocenters. The molecule has 0 aliphatic heterocycles. The highest BCUT2D eigenvalue weighted by Gasteiger charge is 2.10. The molecule has 0 aliphatic rings. The third-order valence-corrected chi connectivity index (χ3v) is 3.27. The lowest BCUT2D eigenvalue weighted by molar-refractivity contribution is 0.102. The van der Waals surface area contributed by atoms with Crippen molar-refractivity contribution in [2.24, 2.45) is 0 Å². The number of hydrogen-bond donors (Lipinski definition) is 2. The van der Waals surface area contributed by atoms with Gasteiger partial charge in [-0.25, -0.2) is 4.39 Å². The molecule has 0 heterocycles.